The van der Waals surface area contributed by atoms with Crippen molar-refractivity contribution in [3.63, 3.8) is 0 Å². The fourth-order valence-electron chi connectivity index (χ4n) is 9.34. The van der Waals surface area contributed by atoms with Gasteiger partial charge in [-0.15, -0.1) is 0 Å². The number of aliphatic hydroxyl groups excluding tert-OH is 2. The number of esters is 1. The van der Waals surface area contributed by atoms with Crippen LogP contribution in [-0.2, 0) is 14.3 Å². The highest BCUT2D eigenvalue weighted by atomic mass is 16.5. The molecule has 0 saturated heterocycles. The minimum atomic E-state index is -0.682. The number of carbonyl (C=O) groups is 2. The maximum atomic E-state index is 12.5. The fraction of sp³-hybridized carbons (Fsp3) is 0.902. The molecule has 0 aromatic heterocycles. The van der Waals surface area contributed by atoms with E-state index in [1.807, 2.05) is 0 Å². The predicted octanol–water partition coefficient (Wildman–Crippen LogP) is 18.6. The number of aliphatic hydroxyl groups is 2. The van der Waals surface area contributed by atoms with Gasteiger partial charge in [0.05, 0.1) is 25.4 Å². The smallest absolute Gasteiger partial charge is 0.305 e. The van der Waals surface area contributed by atoms with E-state index in [9.17, 15) is 19.8 Å². The molecular formula is C61H117NO5. The van der Waals surface area contributed by atoms with E-state index in [1.165, 1.54) is 225 Å². The Hall–Kier alpha value is -1.66. The molecule has 0 aromatic carbocycles. The normalized spacial score (nSPS) is 12.7. The first-order valence-electron chi connectivity index (χ1n) is 30.1. The van der Waals surface area contributed by atoms with Crippen molar-refractivity contribution in [2.45, 2.75) is 341 Å². The molecule has 0 bridgehead atoms. The van der Waals surface area contributed by atoms with Gasteiger partial charge in [0.15, 0.2) is 0 Å². The molecule has 0 saturated carbocycles. The Labute approximate surface area is 418 Å². The van der Waals surface area contributed by atoms with Crippen LogP contribution in [0, 0.1) is 0 Å². The molecule has 0 aromatic rings. The Balaban J connectivity index is 3.47. The van der Waals surface area contributed by atoms with Crippen molar-refractivity contribution >= 4 is 11.9 Å². The van der Waals surface area contributed by atoms with Crippen molar-refractivity contribution in [2.24, 2.45) is 0 Å². The van der Waals surface area contributed by atoms with E-state index >= 15 is 0 Å². The molecule has 6 nitrogen and oxygen atoms in total. The number of carbonyl (C=O) groups excluding carboxylic acids is 2. The number of amides is 1. The number of rotatable bonds is 56. The minimum absolute atomic E-state index is 0.0123. The largest absolute Gasteiger partial charge is 0.466 e. The molecule has 2 atom stereocenters. The van der Waals surface area contributed by atoms with Crippen molar-refractivity contribution in [3.05, 3.63) is 24.3 Å². The highest BCUT2D eigenvalue weighted by Gasteiger charge is 2.20. The van der Waals surface area contributed by atoms with Gasteiger partial charge in [-0.2, -0.15) is 0 Å². The molecule has 396 valence electrons. The molecule has 6 heteroatoms. The summed E-state index contributed by atoms with van der Waals surface area (Å²) in [5.41, 5.74) is 0. The van der Waals surface area contributed by atoms with Crippen molar-refractivity contribution in [1.82, 2.24) is 5.32 Å². The Morgan fingerprint density at radius 3 is 1.07 bits per heavy atom. The van der Waals surface area contributed by atoms with Gasteiger partial charge in [-0.3, -0.25) is 9.59 Å². The first-order chi connectivity index (χ1) is 33.0. The molecule has 0 heterocycles. The van der Waals surface area contributed by atoms with Crippen molar-refractivity contribution < 1.29 is 24.5 Å². The van der Waals surface area contributed by atoms with Crippen LogP contribution in [-0.4, -0.2) is 47.4 Å². The van der Waals surface area contributed by atoms with Gasteiger partial charge in [-0.05, 0) is 77.0 Å². The number of hydrogen-bond donors (Lipinski definition) is 3. The Kier molecular flexibility index (Phi) is 55.5. The van der Waals surface area contributed by atoms with Gasteiger partial charge in [-0.1, -0.05) is 263 Å². The maximum Gasteiger partial charge on any atom is 0.305 e. The topological polar surface area (TPSA) is 95.9 Å². The summed E-state index contributed by atoms with van der Waals surface area (Å²) in [5, 5.41) is 23.3. The number of allylic oxidation sites excluding steroid dienone is 4. The van der Waals surface area contributed by atoms with E-state index in [-0.39, 0.29) is 18.5 Å². The van der Waals surface area contributed by atoms with Crippen molar-refractivity contribution in [2.75, 3.05) is 13.2 Å². The van der Waals surface area contributed by atoms with Gasteiger partial charge >= 0.3 is 5.97 Å². The molecule has 0 fully saturated rings. The summed E-state index contributed by atoms with van der Waals surface area (Å²) in [4.78, 5) is 24.6. The molecule has 0 aliphatic carbocycles. The number of unbranched alkanes of at least 4 members (excludes halogenated alkanes) is 41. The number of hydrogen-bond acceptors (Lipinski definition) is 5. The van der Waals surface area contributed by atoms with Gasteiger partial charge in [0.1, 0.15) is 0 Å². The predicted molar refractivity (Wildman–Crippen MR) is 292 cm³/mol. The second-order valence-electron chi connectivity index (χ2n) is 20.7. The summed E-state index contributed by atoms with van der Waals surface area (Å²) in [5.74, 6) is -0.0749. The molecule has 67 heavy (non-hydrogen) atoms. The Bertz CT molecular complexity index is 1040. The summed E-state index contributed by atoms with van der Waals surface area (Å²) in [7, 11) is 0. The molecule has 0 spiro atoms. The highest BCUT2D eigenvalue weighted by molar-refractivity contribution is 5.76. The zero-order valence-corrected chi connectivity index (χ0v) is 45.1. The highest BCUT2D eigenvalue weighted by Crippen LogP contribution is 2.17. The molecule has 0 aliphatic rings. The molecule has 3 N–H and O–H groups in total. The van der Waals surface area contributed by atoms with Crippen LogP contribution in [0.3, 0.4) is 0 Å². The third-order valence-electron chi connectivity index (χ3n) is 14.0. The van der Waals surface area contributed by atoms with Crippen LogP contribution in [0.4, 0.5) is 0 Å². The van der Waals surface area contributed by atoms with E-state index in [0.717, 1.165) is 70.6 Å². The van der Waals surface area contributed by atoms with Crippen LogP contribution in [0.5, 0.6) is 0 Å². The van der Waals surface area contributed by atoms with Crippen LogP contribution in [0.2, 0.25) is 0 Å². The van der Waals surface area contributed by atoms with Gasteiger partial charge in [0.2, 0.25) is 5.91 Å². The fourth-order valence-corrected chi connectivity index (χ4v) is 9.34. The molecular weight excluding hydrogens is 827 g/mol. The van der Waals surface area contributed by atoms with Crippen LogP contribution in [0.15, 0.2) is 24.3 Å². The van der Waals surface area contributed by atoms with Crippen molar-refractivity contribution in [1.29, 1.82) is 0 Å². The van der Waals surface area contributed by atoms with Crippen LogP contribution in [0.25, 0.3) is 0 Å². The lowest BCUT2D eigenvalue weighted by atomic mass is 10.0. The minimum Gasteiger partial charge on any atom is -0.466 e. The zero-order valence-electron chi connectivity index (χ0n) is 45.1. The van der Waals surface area contributed by atoms with Gasteiger partial charge < -0.3 is 20.3 Å². The summed E-state index contributed by atoms with van der Waals surface area (Å²) in [6, 6.07) is -0.562. The third kappa shape index (κ3) is 53.5. The summed E-state index contributed by atoms with van der Waals surface area (Å²) >= 11 is 0. The SMILES string of the molecule is CCCCCCCC/C=C\CCCCCCCCCCCC(=O)OCCCCCCCC/C=C\CCCCCC(=O)NC(CO)C(O)CCCCCCCCCCCCCCCCCCCC. The van der Waals surface area contributed by atoms with Crippen LogP contribution < -0.4 is 5.32 Å². The van der Waals surface area contributed by atoms with Gasteiger partial charge in [-0.25, -0.2) is 0 Å². The molecule has 2 unspecified atom stereocenters. The zero-order chi connectivity index (χ0) is 48.6. The van der Waals surface area contributed by atoms with Crippen molar-refractivity contribution in [3.8, 4) is 0 Å². The second kappa shape index (κ2) is 56.9. The number of ether oxygens (including phenoxy) is 1. The van der Waals surface area contributed by atoms with Crippen LogP contribution >= 0.6 is 0 Å². The third-order valence-corrected chi connectivity index (χ3v) is 14.0. The Morgan fingerprint density at radius 2 is 0.701 bits per heavy atom. The molecule has 0 rings (SSSR count). The quantitative estimate of drug-likeness (QED) is 0.0321. The lowest BCUT2D eigenvalue weighted by Crippen LogP contribution is -2.45. The van der Waals surface area contributed by atoms with Crippen LogP contribution in [0.1, 0.15) is 328 Å². The van der Waals surface area contributed by atoms with E-state index in [1.54, 1.807) is 0 Å². The van der Waals surface area contributed by atoms with E-state index in [4.69, 9.17) is 4.74 Å². The first-order valence-corrected chi connectivity index (χ1v) is 30.1. The monoisotopic (exact) mass is 944 g/mol. The molecule has 0 aliphatic heterocycles. The summed E-state index contributed by atoms with van der Waals surface area (Å²) in [6.45, 7) is 4.93. The summed E-state index contributed by atoms with van der Waals surface area (Å²) < 4.78 is 5.48. The lowest BCUT2D eigenvalue weighted by Gasteiger charge is -2.22. The average molecular weight is 945 g/mol. The average Bonchev–Trinajstić information content (AvgIpc) is 3.33. The van der Waals surface area contributed by atoms with E-state index < -0.39 is 12.1 Å². The Morgan fingerprint density at radius 1 is 0.403 bits per heavy atom. The summed E-state index contributed by atoms with van der Waals surface area (Å²) in [6.07, 6.45) is 68.9. The van der Waals surface area contributed by atoms with Gasteiger partial charge in [0, 0.05) is 12.8 Å². The van der Waals surface area contributed by atoms with E-state index in [2.05, 4.69) is 43.5 Å². The standard InChI is InChI=1S/C61H117NO5/c1-3-5-7-9-11-13-15-17-19-21-23-25-27-31-35-39-43-47-51-55-61(66)67-56-52-48-44-40-36-32-28-30-34-38-42-46-50-54-60(65)62-58(57-63)59(64)53-49-45-41-37-33-29-26-24-22-20-18-16-14-12-10-8-6-4-2/h17,19,30,34,58-59,63-64H,3-16,18,20-29,31-33,35-57H2,1-2H3,(H,62,65)/b19-17-,34-30-. The molecule has 1 amide bonds. The van der Waals surface area contributed by atoms with Gasteiger partial charge in [0.25, 0.3) is 0 Å². The lowest BCUT2D eigenvalue weighted by molar-refractivity contribution is -0.143. The first kappa shape index (κ1) is 65.3. The maximum absolute atomic E-state index is 12.5. The second-order valence-corrected chi connectivity index (χ2v) is 20.7. The van der Waals surface area contributed by atoms with E-state index in [0.29, 0.717) is 25.9 Å². The number of nitrogens with one attached hydrogen (secondary N) is 1. The molecule has 0 radical (unpaired) electrons.